The summed E-state index contributed by atoms with van der Waals surface area (Å²) in [5, 5.41) is 3.65. The largest absolute Gasteiger partial charge is 0.357 e. The zero-order valence-corrected chi connectivity index (χ0v) is 15.8. The minimum Gasteiger partial charge on any atom is -0.357 e. The lowest BCUT2D eigenvalue weighted by molar-refractivity contribution is -0.121. The van der Waals surface area contributed by atoms with Crippen LogP contribution in [0.15, 0.2) is 24.3 Å². The van der Waals surface area contributed by atoms with Crippen molar-refractivity contribution in [3.63, 3.8) is 0 Å². The summed E-state index contributed by atoms with van der Waals surface area (Å²) in [6, 6.07) is 7.20. The maximum absolute atomic E-state index is 13.3. The molecular weight excluding hydrogens is 334 g/mol. The van der Waals surface area contributed by atoms with Crippen LogP contribution in [0.25, 0.3) is 0 Å². The number of para-hydroxylation sites is 1. The van der Waals surface area contributed by atoms with Crippen LogP contribution in [-0.4, -0.2) is 29.9 Å². The molecule has 1 unspecified atom stereocenters. The predicted octanol–water partition coefficient (Wildman–Crippen LogP) is 2.97. The molecule has 0 spiro atoms. The number of aromatic nitrogens is 1. The van der Waals surface area contributed by atoms with E-state index in [1.54, 1.807) is 11.9 Å². The summed E-state index contributed by atoms with van der Waals surface area (Å²) in [7, 11) is 1.60. The van der Waals surface area contributed by atoms with Gasteiger partial charge in [-0.25, -0.2) is 4.98 Å². The molecule has 1 aliphatic heterocycles. The number of fused-ring (bicyclic) bond motifs is 1. The number of amides is 2. The molecule has 25 heavy (non-hydrogen) atoms. The third kappa shape index (κ3) is 3.31. The molecule has 1 N–H and O–H groups in total. The number of carbonyl (C=O) groups excluding carboxylic acids is 2. The highest BCUT2D eigenvalue weighted by atomic mass is 32.1. The van der Waals surface area contributed by atoms with Gasteiger partial charge >= 0.3 is 0 Å². The van der Waals surface area contributed by atoms with E-state index in [1.807, 2.05) is 31.2 Å². The summed E-state index contributed by atoms with van der Waals surface area (Å²) in [5.41, 5.74) is 2.58. The van der Waals surface area contributed by atoms with Crippen molar-refractivity contribution >= 4 is 28.8 Å². The quantitative estimate of drug-likeness (QED) is 0.915. The highest BCUT2D eigenvalue weighted by molar-refractivity contribution is 7.14. The number of hydrogen-bond donors (Lipinski definition) is 1. The zero-order chi connectivity index (χ0) is 18.1. The number of benzene rings is 1. The van der Waals surface area contributed by atoms with Crippen molar-refractivity contribution in [1.82, 2.24) is 10.3 Å². The van der Waals surface area contributed by atoms with E-state index in [0.717, 1.165) is 28.4 Å². The van der Waals surface area contributed by atoms with Gasteiger partial charge in [-0.05, 0) is 24.5 Å². The predicted molar refractivity (Wildman–Crippen MR) is 100 cm³/mol. The molecule has 132 valence electrons. The van der Waals surface area contributed by atoms with Crippen LogP contribution in [0.4, 0.5) is 5.69 Å². The average Bonchev–Trinajstić information content (AvgIpc) is 3.13. The molecule has 0 bridgehead atoms. The number of anilines is 1. The molecule has 5 nitrogen and oxygen atoms in total. The molecule has 1 aliphatic rings. The SMILES string of the molecule is CNC(=O)C1Cc2ccccc2N1C(=O)c1sc(CC(C)C)nc1C. The number of aryl methyl sites for hydroxylation is 1. The summed E-state index contributed by atoms with van der Waals surface area (Å²) >= 11 is 1.44. The first-order valence-corrected chi connectivity index (χ1v) is 9.33. The van der Waals surface area contributed by atoms with E-state index in [4.69, 9.17) is 0 Å². The average molecular weight is 357 g/mol. The Labute approximate surface area is 152 Å². The third-order valence-corrected chi connectivity index (χ3v) is 5.53. The van der Waals surface area contributed by atoms with Gasteiger partial charge in [-0.1, -0.05) is 32.0 Å². The minimum absolute atomic E-state index is 0.136. The summed E-state index contributed by atoms with van der Waals surface area (Å²) in [4.78, 5) is 32.4. The molecular formula is C19H23N3O2S. The molecule has 1 aromatic carbocycles. The highest BCUT2D eigenvalue weighted by Gasteiger charge is 2.39. The number of carbonyl (C=O) groups is 2. The Morgan fingerprint density at radius 2 is 2.08 bits per heavy atom. The second kappa shape index (κ2) is 6.96. The van der Waals surface area contributed by atoms with Gasteiger partial charge in [0.2, 0.25) is 5.91 Å². The number of rotatable bonds is 4. The fraction of sp³-hybridized carbons (Fsp3) is 0.421. The molecule has 2 heterocycles. The van der Waals surface area contributed by atoms with Gasteiger partial charge in [0.25, 0.3) is 5.91 Å². The topological polar surface area (TPSA) is 62.3 Å². The smallest absolute Gasteiger partial charge is 0.271 e. The summed E-state index contributed by atoms with van der Waals surface area (Å²) in [5.74, 6) is 0.206. The third-order valence-electron chi connectivity index (χ3n) is 4.36. The zero-order valence-electron chi connectivity index (χ0n) is 15.0. The fourth-order valence-electron chi connectivity index (χ4n) is 3.21. The second-order valence-corrected chi connectivity index (χ2v) is 7.84. The van der Waals surface area contributed by atoms with Gasteiger partial charge in [-0.3, -0.25) is 14.5 Å². The van der Waals surface area contributed by atoms with Crippen molar-refractivity contribution in [1.29, 1.82) is 0 Å². The maximum atomic E-state index is 13.3. The van der Waals surface area contributed by atoms with Crippen LogP contribution >= 0.6 is 11.3 Å². The first-order chi connectivity index (χ1) is 11.9. The Hall–Kier alpha value is -2.21. The lowest BCUT2D eigenvalue weighted by Gasteiger charge is -2.24. The minimum atomic E-state index is -0.509. The maximum Gasteiger partial charge on any atom is 0.271 e. The highest BCUT2D eigenvalue weighted by Crippen LogP contribution is 2.35. The lowest BCUT2D eigenvalue weighted by Crippen LogP contribution is -2.47. The molecule has 0 radical (unpaired) electrons. The Bertz CT molecular complexity index is 813. The monoisotopic (exact) mass is 357 g/mol. The summed E-state index contributed by atoms with van der Waals surface area (Å²) in [6.07, 6.45) is 1.40. The molecule has 0 fully saturated rings. The molecule has 0 saturated carbocycles. The van der Waals surface area contributed by atoms with Gasteiger partial charge in [0.15, 0.2) is 0 Å². The van der Waals surface area contributed by atoms with E-state index in [9.17, 15) is 9.59 Å². The Balaban J connectivity index is 1.99. The van der Waals surface area contributed by atoms with Crippen LogP contribution in [0.1, 0.15) is 39.8 Å². The van der Waals surface area contributed by atoms with Crippen LogP contribution in [0.2, 0.25) is 0 Å². The van der Waals surface area contributed by atoms with Gasteiger partial charge in [-0.15, -0.1) is 11.3 Å². The van der Waals surface area contributed by atoms with Crippen LogP contribution < -0.4 is 10.2 Å². The van der Waals surface area contributed by atoms with Gasteiger partial charge in [0, 0.05) is 25.6 Å². The van der Waals surface area contributed by atoms with Gasteiger partial charge in [-0.2, -0.15) is 0 Å². The molecule has 0 saturated heterocycles. The Morgan fingerprint density at radius 1 is 1.36 bits per heavy atom. The van der Waals surface area contributed by atoms with Crippen LogP contribution in [-0.2, 0) is 17.6 Å². The van der Waals surface area contributed by atoms with Crippen LogP contribution in [0, 0.1) is 12.8 Å². The number of likely N-dealkylation sites (N-methyl/N-ethyl adjacent to an activating group) is 1. The number of thiazole rings is 1. The van der Waals surface area contributed by atoms with Gasteiger partial charge in [0.05, 0.1) is 10.7 Å². The van der Waals surface area contributed by atoms with E-state index >= 15 is 0 Å². The van der Waals surface area contributed by atoms with E-state index in [2.05, 4.69) is 24.1 Å². The van der Waals surface area contributed by atoms with Crippen molar-refractivity contribution in [2.24, 2.45) is 5.92 Å². The number of nitrogens with one attached hydrogen (secondary N) is 1. The molecule has 1 atom stereocenters. The van der Waals surface area contributed by atoms with Crippen LogP contribution in [0.3, 0.4) is 0 Å². The van der Waals surface area contributed by atoms with Crippen molar-refractivity contribution in [3.05, 3.63) is 45.4 Å². The van der Waals surface area contributed by atoms with E-state index in [0.29, 0.717) is 17.2 Å². The van der Waals surface area contributed by atoms with Gasteiger partial charge in [0.1, 0.15) is 10.9 Å². The molecule has 2 aromatic rings. The van der Waals surface area contributed by atoms with Crippen molar-refractivity contribution < 1.29 is 9.59 Å². The molecule has 2 amide bonds. The van der Waals surface area contributed by atoms with E-state index in [1.165, 1.54) is 11.3 Å². The van der Waals surface area contributed by atoms with E-state index in [-0.39, 0.29) is 11.8 Å². The molecule has 0 aliphatic carbocycles. The van der Waals surface area contributed by atoms with Crippen molar-refractivity contribution in [2.75, 3.05) is 11.9 Å². The lowest BCUT2D eigenvalue weighted by atomic mass is 10.1. The first-order valence-electron chi connectivity index (χ1n) is 8.51. The van der Waals surface area contributed by atoms with Gasteiger partial charge < -0.3 is 5.32 Å². The summed E-state index contributed by atoms with van der Waals surface area (Å²) in [6.45, 7) is 6.14. The second-order valence-electron chi connectivity index (χ2n) is 6.76. The number of nitrogens with zero attached hydrogens (tertiary/aromatic N) is 2. The fourth-order valence-corrected chi connectivity index (χ4v) is 4.42. The van der Waals surface area contributed by atoms with Crippen molar-refractivity contribution in [3.8, 4) is 0 Å². The molecule has 6 heteroatoms. The standard InChI is InChI=1S/C19H23N3O2S/c1-11(2)9-16-21-12(3)17(25-16)19(24)22-14-8-6-5-7-13(14)10-15(22)18(23)20-4/h5-8,11,15H,9-10H2,1-4H3,(H,20,23). The Kier molecular flexibility index (Phi) is 4.90. The normalized spacial score (nSPS) is 16.2. The first kappa shape index (κ1) is 17.6. The summed E-state index contributed by atoms with van der Waals surface area (Å²) < 4.78 is 0. The van der Waals surface area contributed by atoms with E-state index < -0.39 is 6.04 Å². The molecule has 3 rings (SSSR count). The number of hydrogen-bond acceptors (Lipinski definition) is 4. The van der Waals surface area contributed by atoms with Crippen molar-refractivity contribution in [2.45, 2.75) is 39.7 Å². The van der Waals surface area contributed by atoms with Crippen LogP contribution in [0.5, 0.6) is 0 Å². The Morgan fingerprint density at radius 3 is 2.76 bits per heavy atom. The molecule has 1 aromatic heterocycles.